The van der Waals surface area contributed by atoms with E-state index in [-0.39, 0.29) is 0 Å². The first-order valence-corrected chi connectivity index (χ1v) is 7.85. The highest BCUT2D eigenvalue weighted by molar-refractivity contribution is 5.42. The second-order valence-corrected chi connectivity index (χ2v) is 4.86. The molecule has 0 radical (unpaired) electrons. The van der Waals surface area contributed by atoms with Gasteiger partial charge in [0, 0.05) is 19.3 Å². The van der Waals surface area contributed by atoms with Gasteiger partial charge in [-0.15, -0.1) is 0 Å². The molecule has 0 aliphatic carbocycles. The highest BCUT2D eigenvalue weighted by Crippen LogP contribution is 2.17. The maximum Gasteiger partial charge on any atom is 0.224 e. The molecule has 23 heavy (non-hydrogen) atoms. The number of ether oxygens (including phenoxy) is 2. The second kappa shape index (κ2) is 8.82. The molecule has 0 amide bonds. The molecule has 2 rings (SSSR count). The Balaban J connectivity index is 1.80. The molecule has 0 aliphatic heterocycles. The minimum absolute atomic E-state index is 0.533. The average molecular weight is 316 g/mol. The Labute approximate surface area is 137 Å². The first kappa shape index (κ1) is 16.9. The first-order valence-electron chi connectivity index (χ1n) is 7.85. The van der Waals surface area contributed by atoms with Crippen molar-refractivity contribution in [1.82, 2.24) is 9.97 Å². The first-order chi connectivity index (χ1) is 11.3. The van der Waals surface area contributed by atoms with Gasteiger partial charge in [0.2, 0.25) is 5.95 Å². The summed E-state index contributed by atoms with van der Waals surface area (Å²) in [6, 6.07) is 9.44. The Kier molecular flexibility index (Phi) is 6.47. The molecule has 2 aromatic rings. The summed E-state index contributed by atoms with van der Waals surface area (Å²) in [7, 11) is 1.64. The van der Waals surface area contributed by atoms with Gasteiger partial charge in [-0.1, -0.05) is 0 Å². The third kappa shape index (κ3) is 5.02. The molecule has 0 unspecified atom stereocenters. The highest BCUT2D eigenvalue weighted by atomic mass is 16.5. The van der Waals surface area contributed by atoms with Crippen molar-refractivity contribution >= 4 is 11.8 Å². The molecule has 0 bridgehead atoms. The number of nitrogens with one attached hydrogen (secondary N) is 1. The maximum absolute atomic E-state index is 5.66. The Hall–Kier alpha value is -2.50. The largest absolute Gasteiger partial charge is 0.497 e. The molecule has 124 valence electrons. The van der Waals surface area contributed by atoms with Crippen LogP contribution in [0.1, 0.15) is 13.8 Å². The van der Waals surface area contributed by atoms with Gasteiger partial charge < -0.3 is 19.7 Å². The number of benzene rings is 1. The normalized spacial score (nSPS) is 10.2. The topological polar surface area (TPSA) is 59.5 Å². The van der Waals surface area contributed by atoms with Crippen molar-refractivity contribution in [1.29, 1.82) is 0 Å². The minimum Gasteiger partial charge on any atom is -0.497 e. The summed E-state index contributed by atoms with van der Waals surface area (Å²) in [5.41, 5.74) is 0. The summed E-state index contributed by atoms with van der Waals surface area (Å²) in [5, 5.41) is 3.18. The van der Waals surface area contributed by atoms with Crippen molar-refractivity contribution in [3.05, 3.63) is 36.5 Å². The van der Waals surface area contributed by atoms with Crippen LogP contribution < -0.4 is 19.7 Å². The minimum atomic E-state index is 0.533. The van der Waals surface area contributed by atoms with E-state index in [1.807, 2.05) is 30.3 Å². The average Bonchev–Trinajstić information content (AvgIpc) is 2.61. The molecular formula is C17H24N4O2. The van der Waals surface area contributed by atoms with Crippen molar-refractivity contribution < 1.29 is 9.47 Å². The molecule has 0 atom stereocenters. The fourth-order valence-electron chi connectivity index (χ4n) is 2.16. The van der Waals surface area contributed by atoms with Gasteiger partial charge in [-0.25, -0.2) is 4.98 Å². The summed E-state index contributed by atoms with van der Waals surface area (Å²) >= 11 is 0. The molecule has 1 N–H and O–H groups in total. The van der Waals surface area contributed by atoms with E-state index < -0.39 is 0 Å². The van der Waals surface area contributed by atoms with Crippen molar-refractivity contribution in [3.8, 4) is 11.5 Å². The van der Waals surface area contributed by atoms with E-state index in [0.29, 0.717) is 19.1 Å². The van der Waals surface area contributed by atoms with Gasteiger partial charge in [0.25, 0.3) is 0 Å². The fraction of sp³-hybridized carbons (Fsp3) is 0.412. The molecule has 1 aromatic carbocycles. The van der Waals surface area contributed by atoms with Gasteiger partial charge >= 0.3 is 0 Å². The number of aromatic nitrogens is 2. The molecule has 0 spiro atoms. The lowest BCUT2D eigenvalue weighted by Crippen LogP contribution is -2.23. The van der Waals surface area contributed by atoms with Crippen LogP contribution in [0.3, 0.4) is 0 Å². The zero-order chi connectivity index (χ0) is 16.5. The van der Waals surface area contributed by atoms with E-state index in [1.165, 1.54) is 0 Å². The van der Waals surface area contributed by atoms with Crippen LogP contribution in [-0.2, 0) is 0 Å². The molecule has 1 aromatic heterocycles. The Morgan fingerprint density at radius 2 is 1.74 bits per heavy atom. The van der Waals surface area contributed by atoms with E-state index >= 15 is 0 Å². The van der Waals surface area contributed by atoms with E-state index in [2.05, 4.69) is 34.0 Å². The van der Waals surface area contributed by atoms with Gasteiger partial charge in [-0.2, -0.15) is 4.98 Å². The van der Waals surface area contributed by atoms with Gasteiger partial charge in [-0.3, -0.25) is 0 Å². The number of nitrogens with zero attached hydrogens (tertiary/aromatic N) is 3. The van der Waals surface area contributed by atoms with E-state index in [0.717, 1.165) is 30.4 Å². The lowest BCUT2D eigenvalue weighted by molar-refractivity contribution is 0.331. The number of methoxy groups -OCH3 is 1. The van der Waals surface area contributed by atoms with Crippen LogP contribution in [0.5, 0.6) is 11.5 Å². The second-order valence-electron chi connectivity index (χ2n) is 4.86. The van der Waals surface area contributed by atoms with Crippen LogP contribution in [0.2, 0.25) is 0 Å². The lowest BCUT2D eigenvalue weighted by atomic mass is 10.3. The summed E-state index contributed by atoms with van der Waals surface area (Å²) in [6.45, 7) is 7.24. The summed E-state index contributed by atoms with van der Waals surface area (Å²) in [5.74, 6) is 3.18. The van der Waals surface area contributed by atoms with Crippen molar-refractivity contribution in [2.45, 2.75) is 13.8 Å². The predicted octanol–water partition coefficient (Wildman–Crippen LogP) is 2.82. The van der Waals surface area contributed by atoms with Gasteiger partial charge in [0.05, 0.1) is 13.7 Å². The zero-order valence-corrected chi connectivity index (χ0v) is 14.0. The van der Waals surface area contributed by atoms with Crippen LogP contribution in [0, 0.1) is 0 Å². The van der Waals surface area contributed by atoms with Crippen molar-refractivity contribution in [3.63, 3.8) is 0 Å². The Morgan fingerprint density at radius 3 is 2.39 bits per heavy atom. The van der Waals surface area contributed by atoms with E-state index in [1.54, 1.807) is 13.3 Å². The Morgan fingerprint density at radius 1 is 1.04 bits per heavy atom. The molecule has 0 saturated heterocycles. The molecule has 0 fully saturated rings. The van der Waals surface area contributed by atoms with Crippen LogP contribution >= 0.6 is 0 Å². The molecule has 0 aliphatic rings. The smallest absolute Gasteiger partial charge is 0.224 e. The molecule has 1 heterocycles. The number of rotatable bonds is 9. The number of hydrogen-bond acceptors (Lipinski definition) is 6. The van der Waals surface area contributed by atoms with Gasteiger partial charge in [0.15, 0.2) is 0 Å². The summed E-state index contributed by atoms with van der Waals surface area (Å²) < 4.78 is 10.8. The maximum atomic E-state index is 5.66. The van der Waals surface area contributed by atoms with E-state index in [4.69, 9.17) is 9.47 Å². The monoisotopic (exact) mass is 316 g/mol. The van der Waals surface area contributed by atoms with Crippen LogP contribution in [0.15, 0.2) is 36.5 Å². The number of hydrogen-bond donors (Lipinski definition) is 1. The molecule has 6 heteroatoms. The lowest BCUT2D eigenvalue weighted by Gasteiger charge is -2.19. The van der Waals surface area contributed by atoms with Crippen LogP contribution in [-0.4, -0.2) is 43.3 Å². The molecule has 0 saturated carbocycles. The Bertz CT molecular complexity index is 585. The van der Waals surface area contributed by atoms with Crippen molar-refractivity contribution in [2.24, 2.45) is 0 Å². The SMILES string of the molecule is CCN(CC)c1ccnc(NCCOc2ccc(OC)cc2)n1. The number of anilines is 2. The summed E-state index contributed by atoms with van der Waals surface area (Å²) in [4.78, 5) is 10.9. The molecular weight excluding hydrogens is 292 g/mol. The van der Waals surface area contributed by atoms with Crippen molar-refractivity contribution in [2.75, 3.05) is 43.6 Å². The quantitative estimate of drug-likeness (QED) is 0.718. The van der Waals surface area contributed by atoms with Gasteiger partial charge in [0.1, 0.15) is 23.9 Å². The van der Waals surface area contributed by atoms with Crippen LogP contribution in [0.4, 0.5) is 11.8 Å². The third-order valence-electron chi connectivity index (χ3n) is 3.44. The fourth-order valence-corrected chi connectivity index (χ4v) is 2.16. The standard InChI is InChI=1S/C17H24N4O2/c1-4-21(5-2)16-10-11-18-17(20-16)19-12-13-23-15-8-6-14(22-3)7-9-15/h6-11H,4-5,12-13H2,1-3H3,(H,18,19,20). The van der Waals surface area contributed by atoms with Crippen LogP contribution in [0.25, 0.3) is 0 Å². The third-order valence-corrected chi connectivity index (χ3v) is 3.44. The van der Waals surface area contributed by atoms with Gasteiger partial charge in [-0.05, 0) is 44.2 Å². The highest BCUT2D eigenvalue weighted by Gasteiger charge is 2.04. The predicted molar refractivity (Wildman–Crippen MR) is 92.6 cm³/mol. The zero-order valence-electron chi connectivity index (χ0n) is 14.0. The van der Waals surface area contributed by atoms with E-state index in [9.17, 15) is 0 Å². The molecule has 6 nitrogen and oxygen atoms in total. The summed E-state index contributed by atoms with van der Waals surface area (Å²) in [6.07, 6.45) is 1.77.